The number of anilines is 1. The Hall–Kier alpha value is -2.16. The van der Waals surface area contributed by atoms with Crippen molar-refractivity contribution < 1.29 is 29.0 Å². The van der Waals surface area contributed by atoms with Crippen molar-refractivity contribution in [2.75, 3.05) is 25.1 Å². The van der Waals surface area contributed by atoms with E-state index in [1.165, 1.54) is 4.90 Å². The number of likely N-dealkylation sites (tertiary alicyclic amines) is 1. The van der Waals surface area contributed by atoms with Gasteiger partial charge in [0.25, 0.3) is 0 Å². The number of aliphatic hydroxyl groups is 1. The van der Waals surface area contributed by atoms with Gasteiger partial charge in [-0.25, -0.2) is 0 Å². The summed E-state index contributed by atoms with van der Waals surface area (Å²) in [5, 5.41) is 12.5. The second-order valence-electron chi connectivity index (χ2n) is 7.89. The Morgan fingerprint density at radius 1 is 1.40 bits per heavy atom. The highest BCUT2D eigenvalue weighted by Gasteiger charge is 2.74. The zero-order chi connectivity index (χ0) is 21.5. The van der Waals surface area contributed by atoms with Crippen LogP contribution in [0.4, 0.5) is 5.69 Å². The molecule has 9 heteroatoms. The van der Waals surface area contributed by atoms with E-state index in [1.54, 1.807) is 31.2 Å². The van der Waals surface area contributed by atoms with Gasteiger partial charge in [0.1, 0.15) is 11.6 Å². The first-order valence-electron chi connectivity index (χ1n) is 10.3. The molecule has 1 spiro atoms. The van der Waals surface area contributed by atoms with Crippen molar-refractivity contribution in [1.82, 2.24) is 4.90 Å². The van der Waals surface area contributed by atoms with E-state index in [0.717, 1.165) is 0 Å². The Kier molecular flexibility index (Phi) is 5.74. The SMILES string of the molecule is CCOC(=O)[C@@H]1[C@@H]2CC[C@]3(O2)[C@H](C(=O)Nc2ccccc2Cl)N(CCCO)C(=O)[C@@H]13. The molecule has 8 nitrogen and oxygen atoms in total. The average molecular weight is 437 g/mol. The lowest BCUT2D eigenvalue weighted by atomic mass is 9.71. The van der Waals surface area contributed by atoms with Crippen LogP contribution in [0.2, 0.25) is 5.02 Å². The van der Waals surface area contributed by atoms with Crippen LogP contribution in [-0.2, 0) is 23.9 Å². The molecule has 1 aromatic rings. The third-order valence-corrected chi connectivity index (χ3v) is 6.63. The van der Waals surface area contributed by atoms with Gasteiger partial charge in [-0.05, 0) is 38.3 Å². The number of esters is 1. The highest BCUT2D eigenvalue weighted by molar-refractivity contribution is 6.33. The van der Waals surface area contributed by atoms with Gasteiger partial charge in [0.15, 0.2) is 0 Å². The second kappa shape index (κ2) is 8.17. The summed E-state index contributed by atoms with van der Waals surface area (Å²) in [6.45, 7) is 2.00. The van der Waals surface area contributed by atoms with Gasteiger partial charge >= 0.3 is 5.97 Å². The number of nitrogens with zero attached hydrogens (tertiary/aromatic N) is 1. The fraction of sp³-hybridized carbons (Fsp3) is 0.571. The molecule has 3 heterocycles. The molecule has 0 saturated carbocycles. The third-order valence-electron chi connectivity index (χ3n) is 6.30. The quantitative estimate of drug-likeness (QED) is 0.629. The number of carbonyl (C=O) groups excluding carboxylic acids is 3. The molecule has 3 fully saturated rings. The van der Waals surface area contributed by atoms with Gasteiger partial charge in [0.2, 0.25) is 11.8 Å². The summed E-state index contributed by atoms with van der Waals surface area (Å²) in [5.41, 5.74) is -0.645. The van der Waals surface area contributed by atoms with Crippen molar-refractivity contribution in [3.63, 3.8) is 0 Å². The number of aliphatic hydroxyl groups excluding tert-OH is 1. The van der Waals surface area contributed by atoms with Gasteiger partial charge in [-0.2, -0.15) is 0 Å². The summed E-state index contributed by atoms with van der Waals surface area (Å²) >= 11 is 6.19. The highest BCUT2D eigenvalue weighted by atomic mass is 35.5. The normalized spacial score (nSPS) is 31.7. The Morgan fingerprint density at radius 3 is 2.87 bits per heavy atom. The van der Waals surface area contributed by atoms with Gasteiger partial charge in [-0.3, -0.25) is 14.4 Å². The Bertz CT molecular complexity index is 864. The van der Waals surface area contributed by atoms with Crippen LogP contribution in [0.25, 0.3) is 0 Å². The molecule has 5 atom stereocenters. The predicted octanol–water partition coefficient (Wildman–Crippen LogP) is 1.60. The van der Waals surface area contributed by atoms with E-state index in [4.69, 9.17) is 21.1 Å². The molecule has 3 saturated heterocycles. The number of para-hydroxylation sites is 1. The number of amides is 2. The van der Waals surface area contributed by atoms with Crippen molar-refractivity contribution in [2.24, 2.45) is 11.8 Å². The minimum Gasteiger partial charge on any atom is -0.466 e. The lowest BCUT2D eigenvalue weighted by Crippen LogP contribution is -2.53. The van der Waals surface area contributed by atoms with Crippen molar-refractivity contribution in [1.29, 1.82) is 0 Å². The van der Waals surface area contributed by atoms with Crippen LogP contribution >= 0.6 is 11.6 Å². The van der Waals surface area contributed by atoms with Crippen LogP contribution in [0.15, 0.2) is 24.3 Å². The molecule has 0 unspecified atom stereocenters. The van der Waals surface area contributed by atoms with Crippen molar-refractivity contribution in [3.05, 3.63) is 29.3 Å². The molecule has 1 aromatic carbocycles. The zero-order valence-electron chi connectivity index (χ0n) is 16.7. The van der Waals surface area contributed by atoms with Crippen molar-refractivity contribution in [3.8, 4) is 0 Å². The number of fused-ring (bicyclic) bond motifs is 1. The minimum absolute atomic E-state index is 0.120. The predicted molar refractivity (Wildman–Crippen MR) is 108 cm³/mol. The Labute approximate surface area is 179 Å². The van der Waals surface area contributed by atoms with Gasteiger partial charge in [0.05, 0.1) is 35.3 Å². The smallest absolute Gasteiger partial charge is 0.312 e. The lowest BCUT2D eigenvalue weighted by molar-refractivity contribution is -0.154. The molecule has 30 heavy (non-hydrogen) atoms. The molecule has 2 N–H and O–H groups in total. The fourth-order valence-corrected chi connectivity index (χ4v) is 5.39. The number of hydrogen-bond acceptors (Lipinski definition) is 6. The molecule has 162 valence electrons. The minimum atomic E-state index is -1.08. The van der Waals surface area contributed by atoms with Crippen LogP contribution in [0, 0.1) is 11.8 Å². The largest absolute Gasteiger partial charge is 0.466 e. The van der Waals surface area contributed by atoms with Crippen molar-refractivity contribution >= 4 is 35.1 Å². The van der Waals surface area contributed by atoms with Crippen LogP contribution in [0.1, 0.15) is 26.2 Å². The summed E-state index contributed by atoms with van der Waals surface area (Å²) in [5.74, 6) is -2.67. The summed E-state index contributed by atoms with van der Waals surface area (Å²) in [6.07, 6.45) is 0.961. The highest BCUT2D eigenvalue weighted by Crippen LogP contribution is 2.58. The number of benzene rings is 1. The van der Waals surface area contributed by atoms with E-state index in [0.29, 0.717) is 30.0 Å². The first kappa shape index (κ1) is 21.1. The molecular weight excluding hydrogens is 412 g/mol. The summed E-state index contributed by atoms with van der Waals surface area (Å²) in [6, 6.07) is 5.93. The fourth-order valence-electron chi connectivity index (χ4n) is 5.21. The molecular formula is C21H25ClN2O6. The van der Waals surface area contributed by atoms with Gasteiger partial charge in [-0.1, -0.05) is 23.7 Å². The van der Waals surface area contributed by atoms with E-state index in [9.17, 15) is 19.5 Å². The van der Waals surface area contributed by atoms with Crippen LogP contribution < -0.4 is 5.32 Å². The molecule has 3 aliphatic heterocycles. The standard InChI is InChI=1S/C21H25ClN2O6/c1-2-29-20(28)15-14-8-9-21(30-14)16(15)19(27)24(10-5-11-25)17(21)18(26)23-13-7-4-3-6-12(13)22/h3-4,6-7,14-17,25H,2,5,8-11H2,1H3,(H,23,26)/t14-,15+,16+,17-,21+/m0/s1. The van der Waals surface area contributed by atoms with Gasteiger partial charge < -0.3 is 24.8 Å². The number of nitrogens with one attached hydrogen (secondary N) is 1. The summed E-state index contributed by atoms with van der Waals surface area (Å²) in [4.78, 5) is 40.8. The molecule has 2 amide bonds. The molecule has 2 bridgehead atoms. The average Bonchev–Trinajstić information content (AvgIpc) is 3.35. The number of rotatable bonds is 7. The lowest BCUT2D eigenvalue weighted by Gasteiger charge is -2.33. The zero-order valence-corrected chi connectivity index (χ0v) is 17.4. The van der Waals surface area contributed by atoms with E-state index >= 15 is 0 Å². The van der Waals surface area contributed by atoms with Crippen LogP contribution in [-0.4, -0.2) is 65.3 Å². The van der Waals surface area contributed by atoms with Crippen LogP contribution in [0.3, 0.4) is 0 Å². The molecule has 0 aliphatic carbocycles. The third kappa shape index (κ3) is 3.18. The maximum Gasteiger partial charge on any atom is 0.312 e. The molecule has 4 rings (SSSR count). The summed E-state index contributed by atoms with van der Waals surface area (Å²) < 4.78 is 11.4. The number of hydrogen-bond donors (Lipinski definition) is 2. The van der Waals surface area contributed by atoms with E-state index in [1.807, 2.05) is 0 Å². The summed E-state index contributed by atoms with van der Waals surface area (Å²) in [7, 11) is 0. The number of carbonyl (C=O) groups is 3. The maximum atomic E-state index is 13.4. The number of halogens is 1. The van der Waals surface area contributed by atoms with Crippen LogP contribution in [0.5, 0.6) is 0 Å². The first-order chi connectivity index (χ1) is 14.4. The maximum absolute atomic E-state index is 13.4. The Balaban J connectivity index is 1.69. The monoisotopic (exact) mass is 436 g/mol. The Morgan fingerprint density at radius 2 is 2.17 bits per heavy atom. The topological polar surface area (TPSA) is 105 Å². The molecule has 0 aromatic heterocycles. The van der Waals surface area contributed by atoms with Gasteiger partial charge in [-0.15, -0.1) is 0 Å². The van der Waals surface area contributed by atoms with Gasteiger partial charge in [0, 0.05) is 13.2 Å². The first-order valence-corrected chi connectivity index (χ1v) is 10.6. The van der Waals surface area contributed by atoms with E-state index < -0.39 is 41.5 Å². The van der Waals surface area contributed by atoms with E-state index in [2.05, 4.69) is 5.32 Å². The molecule has 3 aliphatic rings. The number of ether oxygens (including phenoxy) is 2. The molecule has 0 radical (unpaired) electrons. The second-order valence-corrected chi connectivity index (χ2v) is 8.29. The van der Waals surface area contributed by atoms with Crippen molar-refractivity contribution in [2.45, 2.75) is 43.9 Å². The van der Waals surface area contributed by atoms with E-state index in [-0.39, 0.29) is 25.7 Å².